The van der Waals surface area contributed by atoms with E-state index in [4.69, 9.17) is 4.74 Å². The number of ether oxygens (including phenoxy) is 1. The van der Waals surface area contributed by atoms with Gasteiger partial charge in [0.25, 0.3) is 5.91 Å². The predicted octanol–water partition coefficient (Wildman–Crippen LogP) is 3.50. The van der Waals surface area contributed by atoms with E-state index in [0.717, 1.165) is 5.75 Å². The second-order valence-corrected chi connectivity index (χ2v) is 5.54. The fourth-order valence-electron chi connectivity index (χ4n) is 2.42. The van der Waals surface area contributed by atoms with Crippen molar-refractivity contribution in [3.63, 3.8) is 0 Å². The number of rotatable bonds is 5. The van der Waals surface area contributed by atoms with E-state index in [2.05, 4.69) is 29.5 Å². The van der Waals surface area contributed by atoms with Gasteiger partial charge in [-0.15, -0.1) is 0 Å². The van der Waals surface area contributed by atoms with Crippen molar-refractivity contribution in [2.45, 2.75) is 13.5 Å². The van der Waals surface area contributed by atoms with Gasteiger partial charge in [-0.25, -0.2) is 0 Å². The van der Waals surface area contributed by atoms with Crippen LogP contribution in [0.3, 0.4) is 0 Å². The van der Waals surface area contributed by atoms with Crippen LogP contribution < -0.4 is 10.1 Å². The van der Waals surface area contributed by atoms with Crippen LogP contribution in [0.4, 0.5) is 5.69 Å². The van der Waals surface area contributed by atoms with Gasteiger partial charge in [-0.1, -0.05) is 24.3 Å². The lowest BCUT2D eigenvalue weighted by Gasteiger charge is -2.05. The van der Waals surface area contributed by atoms with Crippen LogP contribution >= 0.6 is 0 Å². The average Bonchev–Trinajstić information content (AvgIpc) is 3.04. The zero-order valence-corrected chi connectivity index (χ0v) is 13.7. The van der Waals surface area contributed by atoms with Gasteiger partial charge in [-0.3, -0.25) is 9.48 Å². The number of aryl methyl sites for hydroxylation is 1. The van der Waals surface area contributed by atoms with Crippen LogP contribution in [0, 0.1) is 6.92 Å². The third-order valence-electron chi connectivity index (χ3n) is 3.84. The molecule has 1 N–H and O–H groups in total. The molecule has 1 heterocycles. The van der Waals surface area contributed by atoms with Gasteiger partial charge in [0.1, 0.15) is 5.75 Å². The monoisotopic (exact) mass is 321 g/mol. The highest BCUT2D eigenvalue weighted by molar-refractivity contribution is 6.04. The van der Waals surface area contributed by atoms with Crippen molar-refractivity contribution < 1.29 is 9.53 Å². The molecule has 0 bridgehead atoms. The molecule has 24 heavy (non-hydrogen) atoms. The maximum absolute atomic E-state index is 12.2. The number of anilines is 1. The van der Waals surface area contributed by atoms with Crippen LogP contribution in [-0.4, -0.2) is 22.8 Å². The molecule has 0 saturated heterocycles. The third kappa shape index (κ3) is 3.63. The molecule has 2 aromatic carbocycles. The molecule has 0 aliphatic carbocycles. The maximum Gasteiger partial charge on any atom is 0.255 e. The van der Waals surface area contributed by atoms with Gasteiger partial charge in [0.2, 0.25) is 0 Å². The highest BCUT2D eigenvalue weighted by Crippen LogP contribution is 2.14. The largest absolute Gasteiger partial charge is 0.497 e. The molecule has 0 fully saturated rings. The number of methoxy groups -OCH3 is 1. The molecule has 0 saturated carbocycles. The minimum absolute atomic E-state index is 0.173. The van der Waals surface area contributed by atoms with Crippen LogP contribution in [0.25, 0.3) is 0 Å². The normalized spacial score (nSPS) is 10.4. The van der Waals surface area contributed by atoms with Gasteiger partial charge >= 0.3 is 0 Å². The number of carbonyl (C=O) groups excluding carboxylic acids is 1. The van der Waals surface area contributed by atoms with Crippen molar-refractivity contribution in [3.05, 3.63) is 77.6 Å². The summed E-state index contributed by atoms with van der Waals surface area (Å²) in [5.41, 5.74) is 3.66. The lowest BCUT2D eigenvalue weighted by Crippen LogP contribution is -2.11. The van der Waals surface area contributed by atoms with E-state index in [-0.39, 0.29) is 5.91 Å². The number of aromatic nitrogens is 2. The molecule has 1 amide bonds. The first-order chi connectivity index (χ1) is 11.7. The minimum Gasteiger partial charge on any atom is -0.497 e. The van der Waals surface area contributed by atoms with E-state index >= 15 is 0 Å². The van der Waals surface area contributed by atoms with E-state index < -0.39 is 0 Å². The zero-order chi connectivity index (χ0) is 16.9. The Bertz CT molecular complexity index is 838. The minimum atomic E-state index is -0.173. The van der Waals surface area contributed by atoms with Crippen molar-refractivity contribution in [1.82, 2.24) is 9.78 Å². The number of hydrogen-bond acceptors (Lipinski definition) is 3. The Kier molecular flexibility index (Phi) is 4.61. The molecule has 3 rings (SSSR count). The SMILES string of the molecule is COc1ccc(C(=O)Nc2cnn(Cc3ccccc3C)c2)cc1. The number of carbonyl (C=O) groups is 1. The molecule has 0 aliphatic rings. The molecule has 5 heteroatoms. The highest BCUT2D eigenvalue weighted by Gasteiger charge is 2.08. The topological polar surface area (TPSA) is 56.1 Å². The second-order valence-electron chi connectivity index (χ2n) is 5.54. The molecule has 0 spiro atoms. The van der Waals surface area contributed by atoms with Crippen LogP contribution in [0.2, 0.25) is 0 Å². The molecular weight excluding hydrogens is 302 g/mol. The van der Waals surface area contributed by atoms with Gasteiger partial charge in [-0.2, -0.15) is 5.10 Å². The first kappa shape index (κ1) is 15.8. The Morgan fingerprint density at radius 1 is 1.17 bits per heavy atom. The highest BCUT2D eigenvalue weighted by atomic mass is 16.5. The lowest BCUT2D eigenvalue weighted by molar-refractivity contribution is 0.102. The standard InChI is InChI=1S/C19H19N3O2/c1-14-5-3-4-6-16(14)12-22-13-17(11-20-22)21-19(23)15-7-9-18(24-2)10-8-15/h3-11,13H,12H2,1-2H3,(H,21,23). The Hall–Kier alpha value is -3.08. The molecule has 0 aliphatic heterocycles. The number of benzene rings is 2. The van der Waals surface area contributed by atoms with Crippen molar-refractivity contribution in [1.29, 1.82) is 0 Å². The Balaban J connectivity index is 1.67. The molecule has 122 valence electrons. The fourth-order valence-corrected chi connectivity index (χ4v) is 2.42. The smallest absolute Gasteiger partial charge is 0.255 e. The van der Waals surface area contributed by atoms with E-state index in [0.29, 0.717) is 17.8 Å². The van der Waals surface area contributed by atoms with Crippen LogP contribution in [-0.2, 0) is 6.54 Å². The molecule has 0 radical (unpaired) electrons. The Labute approximate surface area is 140 Å². The molecule has 0 atom stereocenters. The average molecular weight is 321 g/mol. The van der Waals surface area contributed by atoms with Gasteiger partial charge in [-0.05, 0) is 42.3 Å². The van der Waals surface area contributed by atoms with Gasteiger partial charge < -0.3 is 10.1 Å². The van der Waals surface area contributed by atoms with Gasteiger partial charge in [0.05, 0.1) is 25.5 Å². The molecule has 1 aromatic heterocycles. The summed E-state index contributed by atoms with van der Waals surface area (Å²) in [6, 6.07) is 15.2. The van der Waals surface area contributed by atoms with Gasteiger partial charge in [0, 0.05) is 11.8 Å². The summed E-state index contributed by atoms with van der Waals surface area (Å²) in [6.07, 6.45) is 3.48. The first-order valence-corrected chi connectivity index (χ1v) is 7.68. The molecular formula is C19H19N3O2. The zero-order valence-electron chi connectivity index (χ0n) is 13.7. The number of hydrogen-bond donors (Lipinski definition) is 1. The number of nitrogens with one attached hydrogen (secondary N) is 1. The summed E-state index contributed by atoms with van der Waals surface area (Å²) in [4.78, 5) is 12.2. The lowest BCUT2D eigenvalue weighted by atomic mass is 10.1. The summed E-state index contributed by atoms with van der Waals surface area (Å²) >= 11 is 0. The Morgan fingerprint density at radius 2 is 1.92 bits per heavy atom. The van der Waals surface area contributed by atoms with Crippen molar-refractivity contribution in [3.8, 4) is 5.75 Å². The number of amides is 1. The third-order valence-corrected chi connectivity index (χ3v) is 3.84. The van der Waals surface area contributed by atoms with E-state index in [1.165, 1.54) is 11.1 Å². The summed E-state index contributed by atoms with van der Waals surface area (Å²) in [7, 11) is 1.60. The predicted molar refractivity (Wildman–Crippen MR) is 93.5 cm³/mol. The molecule has 3 aromatic rings. The molecule has 0 unspecified atom stereocenters. The summed E-state index contributed by atoms with van der Waals surface area (Å²) in [5.74, 6) is 0.547. The summed E-state index contributed by atoms with van der Waals surface area (Å²) in [6.45, 7) is 2.75. The number of nitrogens with zero attached hydrogens (tertiary/aromatic N) is 2. The van der Waals surface area contributed by atoms with Crippen LogP contribution in [0.1, 0.15) is 21.5 Å². The summed E-state index contributed by atoms with van der Waals surface area (Å²) < 4.78 is 6.90. The van der Waals surface area contributed by atoms with Crippen molar-refractivity contribution >= 4 is 11.6 Å². The summed E-state index contributed by atoms with van der Waals surface area (Å²) in [5, 5.41) is 7.16. The van der Waals surface area contributed by atoms with Crippen molar-refractivity contribution in [2.24, 2.45) is 0 Å². The Morgan fingerprint density at radius 3 is 2.62 bits per heavy atom. The van der Waals surface area contributed by atoms with E-state index in [1.54, 1.807) is 37.6 Å². The van der Waals surface area contributed by atoms with E-state index in [9.17, 15) is 4.79 Å². The van der Waals surface area contributed by atoms with Crippen LogP contribution in [0.15, 0.2) is 60.9 Å². The first-order valence-electron chi connectivity index (χ1n) is 7.68. The maximum atomic E-state index is 12.2. The quantitative estimate of drug-likeness (QED) is 0.782. The molecule has 5 nitrogen and oxygen atoms in total. The fraction of sp³-hybridized carbons (Fsp3) is 0.158. The van der Waals surface area contributed by atoms with Gasteiger partial charge in [0.15, 0.2) is 0 Å². The van der Waals surface area contributed by atoms with E-state index in [1.807, 2.05) is 23.0 Å². The van der Waals surface area contributed by atoms with Crippen LogP contribution in [0.5, 0.6) is 5.75 Å². The van der Waals surface area contributed by atoms with Crippen molar-refractivity contribution in [2.75, 3.05) is 12.4 Å². The second kappa shape index (κ2) is 7.00.